The maximum absolute atomic E-state index is 13.5. The van der Waals surface area contributed by atoms with Gasteiger partial charge in [-0.2, -0.15) is 13.2 Å². The number of benzene rings is 2. The minimum atomic E-state index is -5.08. The molecular weight excluding hydrogens is 561 g/mol. The molecule has 6 rings (SSSR count). The number of fused-ring (bicyclic) bond motifs is 4. The van der Waals surface area contributed by atoms with Gasteiger partial charge in [-0.1, -0.05) is 30.3 Å². The van der Waals surface area contributed by atoms with Gasteiger partial charge in [0.15, 0.2) is 11.5 Å². The molecule has 2 aromatic carbocycles. The maximum Gasteiger partial charge on any atom is 0.490 e. The molecule has 42 heavy (non-hydrogen) atoms. The van der Waals surface area contributed by atoms with Gasteiger partial charge in [-0.3, -0.25) is 24.2 Å². The lowest BCUT2D eigenvalue weighted by Crippen LogP contribution is -2.59. The summed E-state index contributed by atoms with van der Waals surface area (Å²) in [6, 6.07) is 13.5. The van der Waals surface area contributed by atoms with Crippen LogP contribution < -0.4 is 9.47 Å². The number of imide groups is 1. The highest BCUT2D eigenvalue weighted by Gasteiger charge is 2.72. The third kappa shape index (κ3) is 4.65. The zero-order chi connectivity index (χ0) is 30.4. The van der Waals surface area contributed by atoms with Gasteiger partial charge < -0.3 is 19.3 Å². The van der Waals surface area contributed by atoms with Crippen molar-refractivity contribution in [2.24, 2.45) is 11.8 Å². The quantitative estimate of drug-likeness (QED) is 0.419. The van der Waals surface area contributed by atoms with Crippen molar-refractivity contribution < 1.29 is 51.7 Å². The van der Waals surface area contributed by atoms with Gasteiger partial charge in [0.2, 0.25) is 18.6 Å². The first-order valence-corrected chi connectivity index (χ1v) is 13.5. The standard InChI is InChI=1S/C27H28N2O6.C2HF3O2/c1-3-28-24(30)21-22(25(28)31)27(26(32)33-2)12-4-5-13-29(27)23(21)17-8-6-16(7-9-17)18-10-11-19-20(14-18)35-15-34-19;3-2(4,5)1(6)7/h6-11,14,21-23H,3-5,12-13,15H2,1-2H3;(H,6,7)/t21?,22?,23?,27-;/m0./s1. The first kappa shape index (κ1) is 29.4. The number of carboxylic acids is 1. The van der Waals surface area contributed by atoms with Crippen LogP contribution in [0.4, 0.5) is 13.2 Å². The molecule has 0 aliphatic carbocycles. The Labute approximate surface area is 238 Å². The molecule has 4 aliphatic heterocycles. The lowest BCUT2D eigenvalue weighted by atomic mass is 9.75. The van der Waals surface area contributed by atoms with Gasteiger partial charge >= 0.3 is 18.1 Å². The van der Waals surface area contributed by atoms with Crippen LogP contribution in [0.3, 0.4) is 0 Å². The molecule has 13 heteroatoms. The molecule has 1 N–H and O–H groups in total. The van der Waals surface area contributed by atoms with Crippen molar-refractivity contribution in [3.8, 4) is 22.6 Å². The van der Waals surface area contributed by atoms with E-state index in [1.807, 2.05) is 42.5 Å². The lowest BCUT2D eigenvalue weighted by Gasteiger charge is -2.44. The van der Waals surface area contributed by atoms with E-state index in [4.69, 9.17) is 24.1 Å². The molecule has 4 aliphatic rings. The fourth-order valence-corrected chi connectivity index (χ4v) is 6.68. The summed E-state index contributed by atoms with van der Waals surface area (Å²) in [5, 5.41) is 7.12. The molecule has 0 aromatic heterocycles. The van der Waals surface area contributed by atoms with Crippen LogP contribution in [0.5, 0.6) is 11.5 Å². The number of carboxylic acid groups (broad SMARTS) is 1. The number of halogens is 3. The first-order valence-electron chi connectivity index (χ1n) is 13.5. The van der Waals surface area contributed by atoms with Crippen LogP contribution in [0, 0.1) is 11.8 Å². The van der Waals surface area contributed by atoms with Gasteiger partial charge in [-0.05, 0) is 61.6 Å². The monoisotopic (exact) mass is 590 g/mol. The van der Waals surface area contributed by atoms with Crippen molar-refractivity contribution in [1.82, 2.24) is 9.80 Å². The summed E-state index contributed by atoms with van der Waals surface area (Å²) in [6.45, 7) is 2.97. The summed E-state index contributed by atoms with van der Waals surface area (Å²) in [4.78, 5) is 52.6. The third-order valence-corrected chi connectivity index (χ3v) is 8.41. The summed E-state index contributed by atoms with van der Waals surface area (Å²) >= 11 is 0. The second-order valence-electron chi connectivity index (χ2n) is 10.4. The normalized spacial score (nSPS) is 26.3. The van der Waals surface area contributed by atoms with Crippen molar-refractivity contribution >= 4 is 23.8 Å². The molecule has 3 saturated heterocycles. The Balaban J connectivity index is 0.000000451. The number of ether oxygens (including phenoxy) is 3. The number of aliphatic carboxylic acids is 1. The van der Waals surface area contributed by atoms with Crippen LogP contribution in [0.1, 0.15) is 37.8 Å². The zero-order valence-corrected chi connectivity index (χ0v) is 22.8. The fourth-order valence-electron chi connectivity index (χ4n) is 6.68. The van der Waals surface area contributed by atoms with E-state index in [1.165, 1.54) is 12.0 Å². The lowest BCUT2D eigenvalue weighted by molar-refractivity contribution is -0.192. The summed E-state index contributed by atoms with van der Waals surface area (Å²) in [6.07, 6.45) is -2.84. The van der Waals surface area contributed by atoms with E-state index >= 15 is 0 Å². The van der Waals surface area contributed by atoms with E-state index in [-0.39, 0.29) is 24.6 Å². The Bertz CT molecular complexity index is 1410. The van der Waals surface area contributed by atoms with Crippen molar-refractivity contribution in [3.05, 3.63) is 48.0 Å². The van der Waals surface area contributed by atoms with Crippen LogP contribution in [0.25, 0.3) is 11.1 Å². The number of rotatable bonds is 4. The molecule has 3 fully saturated rings. The van der Waals surface area contributed by atoms with Gasteiger partial charge in [0, 0.05) is 12.6 Å². The smallest absolute Gasteiger partial charge is 0.475 e. The SMILES string of the molecule is CCN1C(=O)C2C(c3ccc(-c4ccc5c(c4)OCO5)cc3)N3CCCC[C@@]3(C(=O)OC)C2C1=O.O=C(O)C(F)(F)F. The Morgan fingerprint density at radius 3 is 2.29 bits per heavy atom. The minimum absolute atomic E-state index is 0.190. The molecule has 224 valence electrons. The molecule has 2 aromatic rings. The largest absolute Gasteiger partial charge is 0.490 e. The first-order chi connectivity index (χ1) is 19.9. The maximum atomic E-state index is 13.5. The number of amides is 2. The number of hydrogen-bond donors (Lipinski definition) is 1. The molecule has 10 nitrogen and oxygen atoms in total. The van der Waals surface area contributed by atoms with Crippen LogP contribution in [0.15, 0.2) is 42.5 Å². The molecule has 0 radical (unpaired) electrons. The van der Waals surface area contributed by atoms with Crippen LogP contribution >= 0.6 is 0 Å². The minimum Gasteiger partial charge on any atom is -0.475 e. The highest BCUT2D eigenvalue weighted by atomic mass is 19.4. The second-order valence-corrected chi connectivity index (χ2v) is 10.4. The number of nitrogens with zero attached hydrogens (tertiary/aromatic N) is 2. The highest BCUT2D eigenvalue weighted by Crippen LogP contribution is 2.58. The average Bonchev–Trinajstić information content (AvgIpc) is 3.64. The number of methoxy groups -OCH3 is 1. The second kappa shape index (κ2) is 10.9. The molecule has 0 spiro atoms. The summed E-state index contributed by atoms with van der Waals surface area (Å²) in [7, 11) is 1.37. The van der Waals surface area contributed by atoms with Gasteiger partial charge in [0.25, 0.3) is 0 Å². The van der Waals surface area contributed by atoms with Crippen LogP contribution in [-0.4, -0.2) is 77.4 Å². The van der Waals surface area contributed by atoms with E-state index in [0.717, 1.165) is 41.0 Å². The van der Waals surface area contributed by atoms with E-state index in [2.05, 4.69) is 4.90 Å². The number of hydrogen-bond acceptors (Lipinski definition) is 8. The Kier molecular flexibility index (Phi) is 7.64. The average molecular weight is 591 g/mol. The predicted molar refractivity (Wildman–Crippen MR) is 139 cm³/mol. The molecule has 3 unspecified atom stereocenters. The Morgan fingerprint density at radius 1 is 1.02 bits per heavy atom. The number of likely N-dealkylation sites (tertiary alicyclic amines) is 1. The number of esters is 1. The molecular formula is C29H29F3N2O8. The molecule has 4 heterocycles. The molecule has 0 bridgehead atoms. The van der Waals surface area contributed by atoms with Crippen molar-refractivity contribution in [2.75, 3.05) is 27.0 Å². The number of piperidine rings is 1. The molecule has 4 atom stereocenters. The predicted octanol–water partition coefficient (Wildman–Crippen LogP) is 3.79. The van der Waals surface area contributed by atoms with Crippen molar-refractivity contribution in [1.29, 1.82) is 0 Å². The van der Waals surface area contributed by atoms with E-state index in [1.54, 1.807) is 6.92 Å². The fraction of sp³-hybridized carbons (Fsp3) is 0.448. The zero-order valence-electron chi connectivity index (χ0n) is 22.8. The topological polar surface area (TPSA) is 123 Å². The number of alkyl halides is 3. The third-order valence-electron chi connectivity index (χ3n) is 8.41. The summed E-state index contributed by atoms with van der Waals surface area (Å²) < 4.78 is 47.9. The van der Waals surface area contributed by atoms with Crippen LogP contribution in [0.2, 0.25) is 0 Å². The van der Waals surface area contributed by atoms with Gasteiger partial charge in [0.1, 0.15) is 5.54 Å². The van der Waals surface area contributed by atoms with Crippen molar-refractivity contribution in [2.45, 2.75) is 43.9 Å². The summed E-state index contributed by atoms with van der Waals surface area (Å²) in [5.41, 5.74) is 1.82. The van der Waals surface area contributed by atoms with Crippen molar-refractivity contribution in [3.63, 3.8) is 0 Å². The van der Waals surface area contributed by atoms with Crippen LogP contribution in [-0.2, 0) is 23.9 Å². The number of carbonyl (C=O) groups excluding carboxylic acids is 3. The Morgan fingerprint density at radius 2 is 1.67 bits per heavy atom. The highest BCUT2D eigenvalue weighted by molar-refractivity contribution is 6.09. The van der Waals surface area contributed by atoms with Gasteiger partial charge in [-0.25, -0.2) is 4.79 Å². The van der Waals surface area contributed by atoms with E-state index < -0.39 is 35.5 Å². The van der Waals surface area contributed by atoms with E-state index in [9.17, 15) is 27.6 Å². The number of carbonyl (C=O) groups is 4. The van der Waals surface area contributed by atoms with Gasteiger partial charge in [-0.15, -0.1) is 0 Å². The summed E-state index contributed by atoms with van der Waals surface area (Å²) in [5.74, 6) is -3.48. The molecule has 0 saturated carbocycles. The molecule has 2 amide bonds. The Hall–Kier alpha value is -4.13. The van der Waals surface area contributed by atoms with Gasteiger partial charge in [0.05, 0.1) is 18.9 Å². The van der Waals surface area contributed by atoms with E-state index in [0.29, 0.717) is 19.5 Å².